The first-order valence-electron chi connectivity index (χ1n) is 5.19. The third-order valence-corrected chi connectivity index (χ3v) is 1.91. The van der Waals surface area contributed by atoms with E-state index in [1.165, 1.54) is 6.07 Å². The van der Waals surface area contributed by atoms with Crippen LogP contribution in [0.4, 0.5) is 0 Å². The van der Waals surface area contributed by atoms with Crippen LogP contribution in [0, 0.1) is 0 Å². The molecular weight excluding hydrogens is 190 g/mol. The highest BCUT2D eigenvalue weighted by Crippen LogP contribution is 2.12. The van der Waals surface area contributed by atoms with E-state index in [2.05, 4.69) is 0 Å². The van der Waals surface area contributed by atoms with Gasteiger partial charge in [0.15, 0.2) is 0 Å². The fourth-order valence-corrected chi connectivity index (χ4v) is 1.00. The van der Waals surface area contributed by atoms with Crippen LogP contribution in [-0.2, 0) is 0 Å². The minimum atomic E-state index is -0.0709. The van der Waals surface area contributed by atoms with Gasteiger partial charge in [-0.1, -0.05) is 19.9 Å². The molecule has 0 heterocycles. The Hall–Kier alpha value is -1.51. The molecule has 0 bridgehead atoms. The monoisotopic (exact) mass is 209 g/mol. The maximum atomic E-state index is 11.5. The predicted molar refractivity (Wildman–Crippen MR) is 62.1 cm³/mol. The molecule has 0 fully saturated rings. The summed E-state index contributed by atoms with van der Waals surface area (Å²) in [6.07, 6.45) is 0. The Bertz CT molecular complexity index is 310. The van der Waals surface area contributed by atoms with Crippen LogP contribution in [0.2, 0.25) is 0 Å². The van der Waals surface area contributed by atoms with Crippen molar-refractivity contribution in [1.82, 2.24) is 4.90 Å². The van der Waals surface area contributed by atoms with Crippen molar-refractivity contribution >= 4 is 5.91 Å². The molecule has 0 radical (unpaired) electrons. The van der Waals surface area contributed by atoms with Crippen molar-refractivity contribution in [3.05, 3.63) is 29.8 Å². The third-order valence-electron chi connectivity index (χ3n) is 1.91. The molecule has 0 saturated carbocycles. The number of carbonyl (C=O) groups is 1. The maximum absolute atomic E-state index is 11.5. The predicted octanol–water partition coefficient (Wildman–Crippen LogP) is 2.51. The van der Waals surface area contributed by atoms with Gasteiger partial charge in [-0.25, -0.2) is 0 Å². The lowest BCUT2D eigenvalue weighted by Crippen LogP contribution is -2.25. The molecule has 15 heavy (non-hydrogen) atoms. The quantitative estimate of drug-likeness (QED) is 0.813. The Balaban J connectivity index is 0.000000921. The van der Waals surface area contributed by atoms with Crippen LogP contribution in [-0.4, -0.2) is 29.5 Å². The lowest BCUT2D eigenvalue weighted by atomic mass is 10.2. The summed E-state index contributed by atoms with van der Waals surface area (Å²) in [5.41, 5.74) is 0.518. The molecule has 0 aromatic heterocycles. The van der Waals surface area contributed by atoms with Gasteiger partial charge in [0.25, 0.3) is 5.91 Å². The van der Waals surface area contributed by atoms with Gasteiger partial charge < -0.3 is 10.0 Å². The average molecular weight is 209 g/mol. The fraction of sp³-hybridized carbons (Fsp3) is 0.417. The van der Waals surface area contributed by atoms with Gasteiger partial charge in [-0.3, -0.25) is 4.79 Å². The summed E-state index contributed by atoms with van der Waals surface area (Å²) >= 11 is 0. The molecule has 0 spiro atoms. The highest BCUT2D eigenvalue weighted by molar-refractivity contribution is 5.94. The van der Waals surface area contributed by atoms with Crippen molar-refractivity contribution in [2.75, 3.05) is 13.6 Å². The summed E-state index contributed by atoms with van der Waals surface area (Å²) in [5.74, 6) is 0.0498. The third kappa shape index (κ3) is 4.02. The molecule has 3 nitrogen and oxygen atoms in total. The standard InChI is InChI=1S/C10H13NO2.C2H6/c1-3-11(2)10(13)8-5-4-6-9(12)7-8;1-2/h4-7,12H,3H2,1-2H3;1-2H3. The van der Waals surface area contributed by atoms with Crippen LogP contribution in [0.1, 0.15) is 31.1 Å². The van der Waals surface area contributed by atoms with Crippen LogP contribution in [0.3, 0.4) is 0 Å². The van der Waals surface area contributed by atoms with Crippen LogP contribution in [0.25, 0.3) is 0 Å². The molecule has 1 amide bonds. The van der Waals surface area contributed by atoms with Gasteiger partial charge in [0, 0.05) is 19.2 Å². The van der Waals surface area contributed by atoms with Gasteiger partial charge in [0.2, 0.25) is 0 Å². The normalized spacial score (nSPS) is 8.80. The minimum absolute atomic E-state index is 0.0709. The van der Waals surface area contributed by atoms with Crippen molar-refractivity contribution in [2.24, 2.45) is 0 Å². The number of phenols is 1. The van der Waals surface area contributed by atoms with Crippen molar-refractivity contribution in [3.8, 4) is 5.75 Å². The van der Waals surface area contributed by atoms with Crippen LogP contribution in [0.15, 0.2) is 24.3 Å². The Morgan fingerprint density at radius 1 is 1.40 bits per heavy atom. The Morgan fingerprint density at radius 3 is 2.47 bits per heavy atom. The molecule has 1 aromatic carbocycles. The molecule has 1 aromatic rings. The number of amides is 1. The largest absolute Gasteiger partial charge is 0.508 e. The SMILES string of the molecule is CC.CCN(C)C(=O)c1cccc(O)c1. The number of nitrogens with zero attached hydrogens (tertiary/aromatic N) is 1. The van der Waals surface area contributed by atoms with Gasteiger partial charge >= 0.3 is 0 Å². The molecule has 1 N–H and O–H groups in total. The molecular formula is C12H19NO2. The van der Waals surface area contributed by atoms with E-state index < -0.39 is 0 Å². The Labute approximate surface area is 91.3 Å². The molecule has 0 unspecified atom stereocenters. The summed E-state index contributed by atoms with van der Waals surface area (Å²) < 4.78 is 0. The topological polar surface area (TPSA) is 40.5 Å². The van der Waals surface area contributed by atoms with E-state index in [0.717, 1.165) is 0 Å². The van der Waals surface area contributed by atoms with Gasteiger partial charge in [0.1, 0.15) is 5.75 Å². The summed E-state index contributed by atoms with van der Waals surface area (Å²) in [6.45, 7) is 6.56. The average Bonchev–Trinajstić information content (AvgIpc) is 2.29. The lowest BCUT2D eigenvalue weighted by Gasteiger charge is -2.14. The molecule has 0 saturated heterocycles. The number of hydrogen-bond donors (Lipinski definition) is 1. The Morgan fingerprint density at radius 2 is 2.00 bits per heavy atom. The van der Waals surface area contributed by atoms with Gasteiger partial charge in [0.05, 0.1) is 0 Å². The molecule has 0 aliphatic rings. The fourth-order valence-electron chi connectivity index (χ4n) is 1.00. The number of rotatable bonds is 2. The first kappa shape index (κ1) is 13.5. The second kappa shape index (κ2) is 6.87. The summed E-state index contributed by atoms with van der Waals surface area (Å²) in [4.78, 5) is 13.1. The molecule has 0 atom stereocenters. The number of aromatic hydroxyl groups is 1. The van der Waals surface area contributed by atoms with Crippen LogP contribution >= 0.6 is 0 Å². The molecule has 1 rings (SSSR count). The van der Waals surface area contributed by atoms with E-state index in [-0.39, 0.29) is 11.7 Å². The van der Waals surface area contributed by atoms with Crippen molar-refractivity contribution in [2.45, 2.75) is 20.8 Å². The smallest absolute Gasteiger partial charge is 0.253 e. The van der Waals surface area contributed by atoms with E-state index in [4.69, 9.17) is 5.11 Å². The van der Waals surface area contributed by atoms with E-state index in [0.29, 0.717) is 12.1 Å². The Kier molecular flexibility index (Phi) is 6.18. The zero-order valence-corrected chi connectivity index (χ0v) is 9.82. The van der Waals surface area contributed by atoms with Crippen molar-refractivity contribution < 1.29 is 9.90 Å². The maximum Gasteiger partial charge on any atom is 0.253 e. The lowest BCUT2D eigenvalue weighted by molar-refractivity contribution is 0.0802. The molecule has 84 valence electrons. The molecule has 0 aliphatic carbocycles. The van der Waals surface area contributed by atoms with Crippen molar-refractivity contribution in [3.63, 3.8) is 0 Å². The number of phenolic OH excluding ortho intramolecular Hbond substituents is 1. The first-order chi connectivity index (χ1) is 7.15. The number of hydrogen-bond acceptors (Lipinski definition) is 2. The molecule has 3 heteroatoms. The minimum Gasteiger partial charge on any atom is -0.508 e. The van der Waals surface area contributed by atoms with E-state index in [1.54, 1.807) is 30.1 Å². The second-order valence-corrected chi connectivity index (χ2v) is 2.87. The zero-order valence-electron chi connectivity index (χ0n) is 9.82. The summed E-state index contributed by atoms with van der Waals surface area (Å²) in [7, 11) is 1.73. The summed E-state index contributed by atoms with van der Waals surface area (Å²) in [6, 6.07) is 6.36. The van der Waals surface area contributed by atoms with Gasteiger partial charge in [-0.05, 0) is 25.1 Å². The van der Waals surface area contributed by atoms with Crippen LogP contribution < -0.4 is 0 Å². The van der Waals surface area contributed by atoms with Gasteiger partial charge in [-0.15, -0.1) is 0 Å². The van der Waals surface area contributed by atoms with Gasteiger partial charge in [-0.2, -0.15) is 0 Å². The molecule has 0 aliphatic heterocycles. The number of benzene rings is 1. The van der Waals surface area contributed by atoms with E-state index in [9.17, 15) is 4.79 Å². The highest BCUT2D eigenvalue weighted by Gasteiger charge is 2.09. The second-order valence-electron chi connectivity index (χ2n) is 2.87. The van der Waals surface area contributed by atoms with E-state index in [1.807, 2.05) is 20.8 Å². The first-order valence-corrected chi connectivity index (χ1v) is 5.19. The summed E-state index contributed by atoms with van der Waals surface area (Å²) in [5, 5.41) is 9.15. The van der Waals surface area contributed by atoms with E-state index >= 15 is 0 Å². The van der Waals surface area contributed by atoms with Crippen LogP contribution in [0.5, 0.6) is 5.75 Å². The zero-order chi connectivity index (χ0) is 11.8. The van der Waals surface area contributed by atoms with Crippen molar-refractivity contribution in [1.29, 1.82) is 0 Å². The highest BCUT2D eigenvalue weighted by atomic mass is 16.3. The number of carbonyl (C=O) groups excluding carboxylic acids is 1.